The number of nitrogens with zero attached hydrogens (tertiary/aromatic N) is 1. The molecule has 0 aliphatic rings. The second kappa shape index (κ2) is 5.82. The van der Waals surface area contributed by atoms with Crippen molar-refractivity contribution in [1.82, 2.24) is 10.7 Å². The molecule has 0 unspecified atom stereocenters. The fourth-order valence-corrected chi connectivity index (χ4v) is 1.62. The van der Waals surface area contributed by atoms with E-state index in [1.54, 1.807) is 7.05 Å². The predicted molar refractivity (Wildman–Crippen MR) is 71.1 cm³/mol. The number of hydrazone groups is 1. The molecule has 0 fully saturated rings. The Morgan fingerprint density at radius 2 is 2.07 bits per heavy atom. The molecular formula is C10H12BrN3S. The van der Waals surface area contributed by atoms with E-state index >= 15 is 0 Å². The minimum absolute atomic E-state index is 0.501. The molecule has 0 aliphatic heterocycles. The molecule has 0 saturated heterocycles. The second-order valence-electron chi connectivity index (χ2n) is 2.87. The van der Waals surface area contributed by atoms with Crippen molar-refractivity contribution in [3.8, 4) is 0 Å². The van der Waals surface area contributed by atoms with Gasteiger partial charge in [-0.15, -0.1) is 0 Å². The van der Waals surface area contributed by atoms with E-state index in [2.05, 4.69) is 31.8 Å². The second-order valence-corrected chi connectivity index (χ2v) is 4.13. The fraction of sp³-hybridized carbons (Fsp3) is 0.200. The van der Waals surface area contributed by atoms with Crippen LogP contribution >= 0.6 is 28.1 Å². The number of thiocarbonyl (C=S) groups is 1. The lowest BCUT2D eigenvalue weighted by Gasteiger charge is -2.05. The van der Waals surface area contributed by atoms with Gasteiger partial charge >= 0.3 is 0 Å². The van der Waals surface area contributed by atoms with E-state index in [1.165, 1.54) is 0 Å². The van der Waals surface area contributed by atoms with Crippen LogP contribution in [0.25, 0.3) is 0 Å². The number of benzene rings is 1. The third-order valence-corrected chi connectivity index (χ3v) is 2.80. The first-order valence-electron chi connectivity index (χ1n) is 4.42. The normalized spacial score (nSPS) is 11.0. The van der Waals surface area contributed by atoms with E-state index in [9.17, 15) is 0 Å². The molecule has 1 aromatic rings. The van der Waals surface area contributed by atoms with Gasteiger partial charge in [0.05, 0.1) is 5.71 Å². The summed E-state index contributed by atoms with van der Waals surface area (Å²) in [6.45, 7) is 1.92. The number of nitrogens with one attached hydrogen (secondary N) is 2. The van der Waals surface area contributed by atoms with E-state index in [1.807, 2.05) is 31.2 Å². The average Bonchev–Trinajstić information content (AvgIpc) is 2.26. The SMILES string of the molecule is CNC(=S)N/N=C(\C)c1ccccc1Br. The van der Waals surface area contributed by atoms with Gasteiger partial charge in [0.1, 0.15) is 0 Å². The van der Waals surface area contributed by atoms with Crippen LogP contribution in [0.5, 0.6) is 0 Å². The lowest BCUT2D eigenvalue weighted by molar-refractivity contribution is 0.973. The first kappa shape index (κ1) is 12.1. The summed E-state index contributed by atoms with van der Waals surface area (Å²) in [6.07, 6.45) is 0. The van der Waals surface area contributed by atoms with Crippen molar-refractivity contribution in [2.45, 2.75) is 6.92 Å². The van der Waals surface area contributed by atoms with E-state index < -0.39 is 0 Å². The monoisotopic (exact) mass is 285 g/mol. The average molecular weight is 286 g/mol. The minimum atomic E-state index is 0.501. The van der Waals surface area contributed by atoms with E-state index in [-0.39, 0.29) is 0 Å². The van der Waals surface area contributed by atoms with E-state index in [0.29, 0.717) is 5.11 Å². The maximum atomic E-state index is 4.92. The van der Waals surface area contributed by atoms with Gasteiger partial charge in [-0.05, 0) is 25.2 Å². The first-order valence-corrected chi connectivity index (χ1v) is 5.62. The number of hydrogen-bond donors (Lipinski definition) is 2. The van der Waals surface area contributed by atoms with Crippen molar-refractivity contribution in [3.05, 3.63) is 34.3 Å². The number of rotatable bonds is 2. The fourth-order valence-electron chi connectivity index (χ4n) is 1.01. The minimum Gasteiger partial charge on any atom is -0.364 e. The molecule has 3 nitrogen and oxygen atoms in total. The van der Waals surface area contributed by atoms with Crippen molar-refractivity contribution in [1.29, 1.82) is 0 Å². The third kappa shape index (κ3) is 3.60. The lowest BCUT2D eigenvalue weighted by atomic mass is 10.1. The summed E-state index contributed by atoms with van der Waals surface area (Å²) in [4.78, 5) is 0. The third-order valence-electron chi connectivity index (χ3n) is 1.82. The Hall–Kier alpha value is -0.940. The highest BCUT2D eigenvalue weighted by atomic mass is 79.9. The van der Waals surface area contributed by atoms with Crippen LogP contribution < -0.4 is 10.7 Å². The smallest absolute Gasteiger partial charge is 0.186 e. The van der Waals surface area contributed by atoms with Crippen LogP contribution in [-0.4, -0.2) is 17.9 Å². The highest BCUT2D eigenvalue weighted by Crippen LogP contribution is 2.16. The maximum Gasteiger partial charge on any atom is 0.186 e. The molecule has 0 bridgehead atoms. The molecule has 0 amide bonds. The topological polar surface area (TPSA) is 36.4 Å². The van der Waals surface area contributed by atoms with Crippen molar-refractivity contribution in [3.63, 3.8) is 0 Å². The largest absolute Gasteiger partial charge is 0.364 e. The van der Waals surface area contributed by atoms with Gasteiger partial charge < -0.3 is 5.32 Å². The molecule has 15 heavy (non-hydrogen) atoms. The summed E-state index contributed by atoms with van der Waals surface area (Å²) >= 11 is 8.38. The molecule has 2 N–H and O–H groups in total. The van der Waals surface area contributed by atoms with Gasteiger partial charge in [-0.1, -0.05) is 34.1 Å². The molecule has 0 spiro atoms. The summed E-state index contributed by atoms with van der Waals surface area (Å²) in [7, 11) is 1.75. The van der Waals surface area contributed by atoms with Crippen molar-refractivity contribution in [2.24, 2.45) is 5.10 Å². The van der Waals surface area contributed by atoms with Crippen molar-refractivity contribution >= 4 is 39.0 Å². The molecule has 1 aromatic carbocycles. The Labute approximate surface area is 103 Å². The zero-order valence-electron chi connectivity index (χ0n) is 8.54. The van der Waals surface area contributed by atoms with E-state index in [4.69, 9.17) is 12.2 Å². The van der Waals surface area contributed by atoms with Crippen LogP contribution in [-0.2, 0) is 0 Å². The Morgan fingerprint density at radius 1 is 1.40 bits per heavy atom. The molecule has 1 rings (SSSR count). The molecule has 0 aromatic heterocycles. The standard InChI is InChI=1S/C10H12BrN3S/c1-7(13-14-10(15)12-2)8-5-3-4-6-9(8)11/h3-6H,1-2H3,(H2,12,14,15)/b13-7+. The molecule has 80 valence electrons. The molecule has 5 heteroatoms. The number of hydrogen-bond acceptors (Lipinski definition) is 2. The maximum absolute atomic E-state index is 4.92. The van der Waals surface area contributed by atoms with Crippen LogP contribution in [0, 0.1) is 0 Å². The quantitative estimate of drug-likeness (QED) is 0.497. The molecule has 0 atom stereocenters. The van der Waals surface area contributed by atoms with Crippen LogP contribution in [0.4, 0.5) is 0 Å². The summed E-state index contributed by atoms with van der Waals surface area (Å²) < 4.78 is 1.02. The molecule has 0 saturated carbocycles. The highest BCUT2D eigenvalue weighted by molar-refractivity contribution is 9.10. The number of halogens is 1. The van der Waals surface area contributed by atoms with Crippen molar-refractivity contribution in [2.75, 3.05) is 7.05 Å². The Morgan fingerprint density at radius 3 is 2.67 bits per heavy atom. The van der Waals surface area contributed by atoms with Gasteiger partial charge in [0.15, 0.2) is 5.11 Å². The summed E-state index contributed by atoms with van der Waals surface area (Å²) in [5.41, 5.74) is 4.67. The van der Waals surface area contributed by atoms with E-state index in [0.717, 1.165) is 15.7 Å². The zero-order chi connectivity index (χ0) is 11.3. The summed E-state index contributed by atoms with van der Waals surface area (Å²) in [5.74, 6) is 0. The molecule has 0 aliphatic carbocycles. The van der Waals surface area contributed by atoms with Gasteiger partial charge in [-0.2, -0.15) is 5.10 Å². The Kier molecular flexibility index (Phi) is 4.71. The summed E-state index contributed by atoms with van der Waals surface area (Å²) in [5, 5.41) is 7.45. The van der Waals surface area contributed by atoms with Gasteiger partial charge in [0.2, 0.25) is 0 Å². The van der Waals surface area contributed by atoms with Crippen LogP contribution in [0.15, 0.2) is 33.8 Å². The van der Waals surface area contributed by atoms with Gasteiger partial charge in [-0.25, -0.2) is 0 Å². The molecule has 0 radical (unpaired) electrons. The predicted octanol–water partition coefficient (Wildman–Crippen LogP) is 2.27. The molecular weight excluding hydrogens is 274 g/mol. The highest BCUT2D eigenvalue weighted by Gasteiger charge is 2.01. The zero-order valence-corrected chi connectivity index (χ0v) is 10.9. The van der Waals surface area contributed by atoms with Crippen LogP contribution in [0.1, 0.15) is 12.5 Å². The van der Waals surface area contributed by atoms with Crippen LogP contribution in [0.3, 0.4) is 0 Å². The molecule has 0 heterocycles. The van der Waals surface area contributed by atoms with Crippen molar-refractivity contribution < 1.29 is 0 Å². The Balaban J connectivity index is 2.80. The Bertz CT molecular complexity index is 390. The van der Waals surface area contributed by atoms with Gasteiger partial charge in [0, 0.05) is 17.1 Å². The van der Waals surface area contributed by atoms with Gasteiger partial charge in [0.25, 0.3) is 0 Å². The lowest BCUT2D eigenvalue weighted by Crippen LogP contribution is -2.29. The first-order chi connectivity index (χ1) is 7.15. The van der Waals surface area contributed by atoms with Crippen LogP contribution in [0.2, 0.25) is 0 Å². The summed E-state index contributed by atoms with van der Waals surface area (Å²) in [6, 6.07) is 7.90. The van der Waals surface area contributed by atoms with Gasteiger partial charge in [-0.3, -0.25) is 5.43 Å².